The largest absolute Gasteiger partial charge is 0.466 e. The highest BCUT2D eigenvalue weighted by atomic mass is 16.5. The van der Waals surface area contributed by atoms with Crippen LogP contribution in [0.25, 0.3) is 0 Å². The predicted octanol–water partition coefficient (Wildman–Crippen LogP) is 1.80. The van der Waals surface area contributed by atoms with Gasteiger partial charge in [-0.05, 0) is 37.8 Å². The Balaban J connectivity index is 1.77. The van der Waals surface area contributed by atoms with E-state index in [-0.39, 0.29) is 18.2 Å². The number of rotatable bonds is 5. The third-order valence-electron chi connectivity index (χ3n) is 5.68. The predicted molar refractivity (Wildman–Crippen MR) is 103 cm³/mol. The Morgan fingerprint density at radius 3 is 2.64 bits per heavy atom. The van der Waals surface area contributed by atoms with E-state index in [1.807, 2.05) is 30.3 Å². The van der Waals surface area contributed by atoms with Crippen molar-refractivity contribution in [2.45, 2.75) is 43.9 Å². The smallest absolute Gasteiger partial charge is 0.338 e. The van der Waals surface area contributed by atoms with E-state index in [4.69, 9.17) is 4.74 Å². The Labute approximate surface area is 164 Å². The molecule has 2 aliphatic heterocycles. The molecule has 2 amide bonds. The number of hydrogen-bond acceptors (Lipinski definition) is 5. The lowest BCUT2D eigenvalue weighted by Gasteiger charge is -2.40. The summed E-state index contributed by atoms with van der Waals surface area (Å²) < 4.78 is 5.12. The Morgan fingerprint density at radius 2 is 2.00 bits per heavy atom. The number of carbonyl (C=O) groups excluding carboxylic acids is 2. The van der Waals surface area contributed by atoms with Gasteiger partial charge in [-0.15, -0.1) is 0 Å². The first-order chi connectivity index (χ1) is 13.6. The number of esters is 1. The molecule has 150 valence electrons. The molecule has 0 unspecified atom stereocenters. The molecule has 1 saturated carbocycles. The lowest BCUT2D eigenvalue weighted by molar-refractivity contribution is -0.136. The van der Waals surface area contributed by atoms with Crippen molar-refractivity contribution in [3.05, 3.63) is 47.2 Å². The molecule has 2 atom stereocenters. The van der Waals surface area contributed by atoms with Crippen LogP contribution in [0.2, 0.25) is 0 Å². The average molecular weight is 385 g/mol. The highest BCUT2D eigenvalue weighted by Crippen LogP contribution is 2.38. The monoisotopic (exact) mass is 385 g/mol. The van der Waals surface area contributed by atoms with Crippen LogP contribution in [0, 0.1) is 0 Å². The number of urea groups is 1. The molecular weight excluding hydrogens is 358 g/mol. The fourth-order valence-corrected chi connectivity index (χ4v) is 4.19. The molecule has 0 bridgehead atoms. The molecule has 0 radical (unpaired) electrons. The van der Waals surface area contributed by atoms with E-state index in [2.05, 4.69) is 10.2 Å². The fourth-order valence-electron chi connectivity index (χ4n) is 4.19. The van der Waals surface area contributed by atoms with Crippen molar-refractivity contribution in [3.8, 4) is 0 Å². The number of ether oxygens (including phenoxy) is 1. The number of aliphatic hydroxyl groups excluding tert-OH is 1. The zero-order valence-electron chi connectivity index (χ0n) is 16.1. The number of nitrogens with zero attached hydrogens (tertiary/aromatic N) is 2. The summed E-state index contributed by atoms with van der Waals surface area (Å²) in [5.74, 6) is -0.424. The van der Waals surface area contributed by atoms with Gasteiger partial charge in [0.15, 0.2) is 0 Å². The summed E-state index contributed by atoms with van der Waals surface area (Å²) >= 11 is 0. The number of likely N-dealkylation sites (tertiary alicyclic amines) is 1. The first-order valence-corrected chi connectivity index (χ1v) is 9.95. The number of carbonyl (C=O) groups is 2. The van der Waals surface area contributed by atoms with E-state index in [9.17, 15) is 14.7 Å². The van der Waals surface area contributed by atoms with Crippen LogP contribution in [0.1, 0.15) is 37.3 Å². The summed E-state index contributed by atoms with van der Waals surface area (Å²) in [6.07, 6.45) is 3.19. The van der Waals surface area contributed by atoms with E-state index in [0.717, 1.165) is 37.8 Å². The van der Waals surface area contributed by atoms with Gasteiger partial charge >= 0.3 is 12.0 Å². The zero-order chi connectivity index (χ0) is 19.7. The van der Waals surface area contributed by atoms with Crippen LogP contribution in [0.5, 0.6) is 0 Å². The first-order valence-electron chi connectivity index (χ1n) is 9.95. The molecule has 0 aromatic heterocycles. The highest BCUT2D eigenvalue weighted by Gasteiger charge is 2.44. The van der Waals surface area contributed by atoms with Crippen molar-refractivity contribution in [2.75, 3.05) is 26.7 Å². The number of hydrogen-bond donors (Lipinski definition) is 2. The van der Waals surface area contributed by atoms with Crippen molar-refractivity contribution in [3.63, 3.8) is 0 Å². The molecule has 7 nitrogen and oxygen atoms in total. The number of amides is 2. The van der Waals surface area contributed by atoms with Crippen molar-refractivity contribution in [1.29, 1.82) is 0 Å². The molecule has 1 aromatic carbocycles. The van der Waals surface area contributed by atoms with Gasteiger partial charge in [0.2, 0.25) is 0 Å². The zero-order valence-corrected chi connectivity index (χ0v) is 16.1. The second-order valence-corrected chi connectivity index (χ2v) is 7.78. The van der Waals surface area contributed by atoms with Gasteiger partial charge in [-0.1, -0.05) is 30.3 Å². The lowest BCUT2D eigenvalue weighted by Crippen LogP contribution is -2.52. The maximum absolute atomic E-state index is 13.0. The third-order valence-corrected chi connectivity index (χ3v) is 5.68. The molecule has 7 heteroatoms. The first kappa shape index (κ1) is 19.0. The van der Waals surface area contributed by atoms with E-state index in [1.54, 1.807) is 4.90 Å². The van der Waals surface area contributed by atoms with Crippen LogP contribution in [0.3, 0.4) is 0 Å². The molecule has 1 saturated heterocycles. The van der Waals surface area contributed by atoms with Gasteiger partial charge < -0.3 is 15.2 Å². The standard InChI is InChI=1S/C21H27N3O4/c1-28-20(26)18-17(13-23-11-5-8-16(25)12-23)24(15-9-10-15)21(27)22-19(18)14-6-3-2-4-7-14/h2-4,6-7,15-16,19,25H,5,8-13H2,1H3,(H,22,27)/t16-,19-/m0/s1. The molecule has 1 aliphatic carbocycles. The summed E-state index contributed by atoms with van der Waals surface area (Å²) in [6, 6.07) is 8.92. The number of methoxy groups -OCH3 is 1. The molecule has 28 heavy (non-hydrogen) atoms. The molecule has 3 aliphatic rings. The number of nitrogens with one attached hydrogen (secondary N) is 1. The second-order valence-electron chi connectivity index (χ2n) is 7.78. The number of β-amino-alcohol motifs (C(OH)–C–C–N with tert-alkyl or cyclic N) is 1. The third kappa shape index (κ3) is 3.77. The quantitative estimate of drug-likeness (QED) is 0.756. The van der Waals surface area contributed by atoms with Crippen LogP contribution < -0.4 is 5.32 Å². The summed E-state index contributed by atoms with van der Waals surface area (Å²) in [5, 5.41) is 13.1. The maximum Gasteiger partial charge on any atom is 0.338 e. The van der Waals surface area contributed by atoms with Gasteiger partial charge in [-0.2, -0.15) is 0 Å². The Kier molecular flexibility index (Phi) is 5.37. The highest BCUT2D eigenvalue weighted by molar-refractivity contribution is 5.95. The Morgan fingerprint density at radius 1 is 1.25 bits per heavy atom. The van der Waals surface area contributed by atoms with Gasteiger partial charge in [-0.3, -0.25) is 9.80 Å². The topological polar surface area (TPSA) is 82.1 Å². The number of aliphatic hydroxyl groups is 1. The minimum Gasteiger partial charge on any atom is -0.466 e. The minimum absolute atomic E-state index is 0.126. The van der Waals surface area contributed by atoms with Crippen LogP contribution in [0.4, 0.5) is 4.79 Å². The van der Waals surface area contributed by atoms with Gasteiger partial charge in [0.25, 0.3) is 0 Å². The van der Waals surface area contributed by atoms with Crippen molar-refractivity contribution >= 4 is 12.0 Å². The number of piperidine rings is 1. The van der Waals surface area contributed by atoms with Crippen molar-refractivity contribution in [2.24, 2.45) is 0 Å². The molecule has 1 aromatic rings. The summed E-state index contributed by atoms with van der Waals surface area (Å²) in [7, 11) is 1.37. The maximum atomic E-state index is 13.0. The summed E-state index contributed by atoms with van der Waals surface area (Å²) in [6.45, 7) is 1.84. The Hall–Kier alpha value is -2.38. The van der Waals surface area contributed by atoms with Gasteiger partial charge in [0, 0.05) is 24.8 Å². The number of benzene rings is 1. The van der Waals surface area contributed by atoms with Gasteiger partial charge in [-0.25, -0.2) is 9.59 Å². The summed E-state index contributed by atoms with van der Waals surface area (Å²) in [5.41, 5.74) is 2.05. The van der Waals surface area contributed by atoms with Crippen molar-refractivity contribution < 1.29 is 19.4 Å². The van der Waals surface area contributed by atoms with Crippen LogP contribution in [-0.4, -0.2) is 65.8 Å². The molecule has 4 rings (SSSR count). The van der Waals surface area contributed by atoms with Crippen LogP contribution >= 0.6 is 0 Å². The molecule has 0 spiro atoms. The normalized spacial score (nSPS) is 26.2. The van der Waals surface area contributed by atoms with Crippen LogP contribution in [0.15, 0.2) is 41.6 Å². The van der Waals surface area contributed by atoms with E-state index < -0.39 is 12.0 Å². The van der Waals surface area contributed by atoms with Gasteiger partial charge in [0.05, 0.1) is 24.8 Å². The van der Waals surface area contributed by atoms with E-state index in [0.29, 0.717) is 24.4 Å². The van der Waals surface area contributed by atoms with E-state index >= 15 is 0 Å². The van der Waals surface area contributed by atoms with Crippen LogP contribution in [-0.2, 0) is 9.53 Å². The van der Waals surface area contributed by atoms with Crippen molar-refractivity contribution in [1.82, 2.24) is 15.1 Å². The Bertz CT molecular complexity index is 775. The fraction of sp³-hybridized carbons (Fsp3) is 0.524. The molecular formula is C21H27N3O4. The average Bonchev–Trinajstić information content (AvgIpc) is 3.53. The minimum atomic E-state index is -0.541. The van der Waals surface area contributed by atoms with E-state index in [1.165, 1.54) is 7.11 Å². The van der Waals surface area contributed by atoms with Gasteiger partial charge in [0.1, 0.15) is 0 Å². The summed E-state index contributed by atoms with van der Waals surface area (Å²) in [4.78, 5) is 29.7. The lowest BCUT2D eigenvalue weighted by atomic mass is 9.93. The molecule has 2 N–H and O–H groups in total. The second kappa shape index (κ2) is 7.93. The SMILES string of the molecule is COC(=O)C1=C(CN2CCC[C@H](O)C2)N(C2CC2)C(=O)N[C@H]1c1ccccc1. The molecule has 2 heterocycles. The molecule has 2 fully saturated rings.